The van der Waals surface area contributed by atoms with Crippen LogP contribution in [-0.2, 0) is 20.2 Å². The van der Waals surface area contributed by atoms with E-state index in [4.69, 9.17) is 4.18 Å². The first-order valence-corrected chi connectivity index (χ1v) is 12.1. The molecule has 4 aliphatic carbocycles. The van der Waals surface area contributed by atoms with Gasteiger partial charge in [0.15, 0.2) is 0 Å². The summed E-state index contributed by atoms with van der Waals surface area (Å²) in [6.45, 7) is 4.65. The second kappa shape index (κ2) is 7.90. The summed E-state index contributed by atoms with van der Waals surface area (Å²) in [6, 6.07) is 0. The molecule has 4 rings (SSSR count). The van der Waals surface area contributed by atoms with E-state index in [9.17, 15) is 9.00 Å². The minimum Gasteiger partial charge on any atom is -0.274 e. The molecular weight excluding hydrogens is 346 g/mol. The quantitative estimate of drug-likeness (QED) is 0.743. The summed E-state index contributed by atoms with van der Waals surface area (Å²) in [5, 5.41) is 0. The zero-order chi connectivity index (χ0) is 18.3. The van der Waals surface area contributed by atoms with Crippen molar-refractivity contribution >= 4 is 17.2 Å². The van der Waals surface area contributed by atoms with Crippen molar-refractivity contribution in [3.05, 3.63) is 0 Å². The molecule has 8 unspecified atom stereocenters. The average molecular weight is 382 g/mol. The van der Waals surface area contributed by atoms with Crippen molar-refractivity contribution in [1.82, 2.24) is 4.72 Å². The molecule has 0 saturated heterocycles. The Morgan fingerprint density at radius 2 is 1.69 bits per heavy atom. The van der Waals surface area contributed by atoms with Gasteiger partial charge in [0.1, 0.15) is 0 Å². The maximum absolute atomic E-state index is 12.8. The largest absolute Gasteiger partial charge is 0.274 e. The minimum atomic E-state index is -1.67. The van der Waals surface area contributed by atoms with E-state index in [0.29, 0.717) is 5.92 Å². The summed E-state index contributed by atoms with van der Waals surface area (Å²) in [4.78, 5) is 12.8. The number of hydrogen-bond acceptors (Lipinski definition) is 3. The number of hydrogen-bond donors (Lipinski definition) is 1. The molecule has 0 aromatic carbocycles. The van der Waals surface area contributed by atoms with Crippen LogP contribution in [0.1, 0.15) is 78.1 Å². The average Bonchev–Trinajstić information content (AvgIpc) is 3.32. The number of amides is 1. The van der Waals surface area contributed by atoms with E-state index in [1.807, 2.05) is 0 Å². The lowest BCUT2D eigenvalue weighted by atomic mass is 9.70. The summed E-state index contributed by atoms with van der Waals surface area (Å²) in [6.07, 6.45) is 11.6. The number of rotatable bonds is 6. The molecule has 4 fully saturated rings. The summed E-state index contributed by atoms with van der Waals surface area (Å²) in [5.41, 5.74) is 0. The van der Waals surface area contributed by atoms with Gasteiger partial charge in [-0.05, 0) is 67.6 Å². The summed E-state index contributed by atoms with van der Waals surface area (Å²) < 4.78 is 20.6. The third-order valence-corrected chi connectivity index (χ3v) is 8.99. The summed E-state index contributed by atoms with van der Waals surface area (Å²) in [5.74, 6) is 4.51. The van der Waals surface area contributed by atoms with Gasteiger partial charge in [0.05, 0.1) is 6.10 Å². The molecule has 1 amide bonds. The van der Waals surface area contributed by atoms with Crippen LogP contribution in [0.15, 0.2) is 0 Å². The van der Waals surface area contributed by atoms with Gasteiger partial charge in [-0.25, -0.2) is 4.21 Å². The normalized spacial score (nSPS) is 43.4. The maximum Gasteiger partial charge on any atom is 0.264 e. The molecule has 2 bridgehead atoms. The van der Waals surface area contributed by atoms with E-state index in [0.717, 1.165) is 61.7 Å². The van der Waals surface area contributed by atoms with Crippen molar-refractivity contribution < 1.29 is 13.2 Å². The molecule has 1 N–H and O–H groups in total. The fourth-order valence-corrected chi connectivity index (χ4v) is 7.97. The third-order valence-electron chi connectivity index (χ3n) is 8.17. The molecule has 5 heteroatoms. The Labute approximate surface area is 161 Å². The lowest BCUT2D eigenvalue weighted by molar-refractivity contribution is -0.126. The highest BCUT2D eigenvalue weighted by Gasteiger charge is 2.60. The Kier molecular flexibility index (Phi) is 5.75. The van der Waals surface area contributed by atoms with Crippen LogP contribution in [0, 0.1) is 41.4 Å². The fraction of sp³-hybridized carbons (Fsp3) is 0.952. The van der Waals surface area contributed by atoms with E-state index in [1.54, 1.807) is 0 Å². The highest BCUT2D eigenvalue weighted by atomic mass is 32.2. The topological polar surface area (TPSA) is 55.4 Å². The fourth-order valence-electron chi connectivity index (χ4n) is 7.16. The van der Waals surface area contributed by atoms with Crippen molar-refractivity contribution in [1.29, 1.82) is 0 Å². The number of carbonyl (C=O) groups excluding carboxylic acids is 1. The SMILES string of the molecule is CCC1CC(CC)C2C3CC(CC3C(=O)NS(=O)OC3CCCCC3)C12. The number of fused-ring (bicyclic) bond motifs is 5. The van der Waals surface area contributed by atoms with E-state index in [1.165, 1.54) is 32.1 Å². The molecule has 4 saturated carbocycles. The Hall–Kier alpha value is -0.420. The Morgan fingerprint density at radius 1 is 1.00 bits per heavy atom. The molecule has 148 valence electrons. The van der Waals surface area contributed by atoms with Crippen LogP contribution in [0.5, 0.6) is 0 Å². The first-order chi connectivity index (χ1) is 12.6. The van der Waals surface area contributed by atoms with E-state index in [2.05, 4.69) is 18.6 Å². The third kappa shape index (κ3) is 3.39. The van der Waals surface area contributed by atoms with E-state index in [-0.39, 0.29) is 17.9 Å². The van der Waals surface area contributed by atoms with Crippen molar-refractivity contribution in [2.45, 2.75) is 84.2 Å². The van der Waals surface area contributed by atoms with Crippen LogP contribution >= 0.6 is 0 Å². The molecule has 4 aliphatic rings. The second-order valence-corrected chi connectivity index (χ2v) is 10.2. The first-order valence-electron chi connectivity index (χ1n) is 11.0. The zero-order valence-corrected chi connectivity index (χ0v) is 17.1. The van der Waals surface area contributed by atoms with Gasteiger partial charge < -0.3 is 0 Å². The van der Waals surface area contributed by atoms with Gasteiger partial charge in [-0.2, -0.15) is 0 Å². The van der Waals surface area contributed by atoms with Gasteiger partial charge in [-0.1, -0.05) is 46.0 Å². The van der Waals surface area contributed by atoms with E-state index < -0.39 is 11.3 Å². The lowest BCUT2D eigenvalue weighted by Crippen LogP contribution is -2.41. The van der Waals surface area contributed by atoms with Gasteiger partial charge >= 0.3 is 0 Å². The molecule has 0 heterocycles. The van der Waals surface area contributed by atoms with Crippen molar-refractivity contribution in [3.63, 3.8) is 0 Å². The molecule has 0 aliphatic heterocycles. The molecule has 0 aromatic heterocycles. The molecule has 4 nitrogen and oxygen atoms in total. The predicted molar refractivity (Wildman–Crippen MR) is 103 cm³/mol. The molecule has 0 spiro atoms. The van der Waals surface area contributed by atoms with Gasteiger partial charge in [-0.15, -0.1) is 0 Å². The first kappa shape index (κ1) is 18.9. The van der Waals surface area contributed by atoms with E-state index >= 15 is 0 Å². The van der Waals surface area contributed by atoms with Crippen LogP contribution < -0.4 is 4.72 Å². The van der Waals surface area contributed by atoms with Crippen LogP contribution in [0.3, 0.4) is 0 Å². The van der Waals surface area contributed by atoms with Gasteiger partial charge in [0, 0.05) is 5.92 Å². The Morgan fingerprint density at radius 3 is 2.38 bits per heavy atom. The number of nitrogens with one attached hydrogen (secondary N) is 1. The highest BCUT2D eigenvalue weighted by Crippen LogP contribution is 2.65. The lowest BCUT2D eigenvalue weighted by Gasteiger charge is -2.35. The Balaban J connectivity index is 1.36. The summed E-state index contributed by atoms with van der Waals surface area (Å²) >= 11 is -1.67. The maximum atomic E-state index is 12.8. The van der Waals surface area contributed by atoms with Crippen LogP contribution in [0.4, 0.5) is 0 Å². The van der Waals surface area contributed by atoms with Crippen molar-refractivity contribution in [3.8, 4) is 0 Å². The number of carbonyl (C=O) groups is 1. The standard InChI is InChI=1S/C21H35NO3S/c1-3-13-10-14(4-2)20-17-11-15(19(13)20)12-18(17)21(23)22-26(24)25-16-8-6-5-7-9-16/h13-20H,3-12H2,1-2H3,(H,22,23). The highest BCUT2D eigenvalue weighted by molar-refractivity contribution is 7.78. The van der Waals surface area contributed by atoms with Gasteiger partial charge in [0.2, 0.25) is 5.91 Å². The molecule has 8 atom stereocenters. The monoisotopic (exact) mass is 381 g/mol. The Bertz CT molecular complexity index is 547. The van der Waals surface area contributed by atoms with Crippen molar-refractivity contribution in [2.75, 3.05) is 0 Å². The predicted octanol–water partition coefficient (Wildman–Crippen LogP) is 4.38. The van der Waals surface area contributed by atoms with Crippen LogP contribution in [-0.4, -0.2) is 16.2 Å². The van der Waals surface area contributed by atoms with Crippen molar-refractivity contribution in [2.24, 2.45) is 41.4 Å². The molecule has 26 heavy (non-hydrogen) atoms. The second-order valence-electron chi connectivity index (χ2n) is 9.29. The molecule has 0 aromatic rings. The minimum absolute atomic E-state index is 0.0140. The van der Waals surface area contributed by atoms with Gasteiger partial charge in [-0.3, -0.25) is 13.7 Å². The summed E-state index contributed by atoms with van der Waals surface area (Å²) in [7, 11) is 0. The molecule has 0 radical (unpaired) electrons. The zero-order valence-electron chi connectivity index (χ0n) is 16.3. The molecular formula is C21H35NO3S. The van der Waals surface area contributed by atoms with Crippen LogP contribution in [0.25, 0.3) is 0 Å². The van der Waals surface area contributed by atoms with Gasteiger partial charge in [0.25, 0.3) is 11.3 Å². The smallest absolute Gasteiger partial charge is 0.264 e. The van der Waals surface area contributed by atoms with Crippen LogP contribution in [0.2, 0.25) is 0 Å².